The molecule has 0 unspecified atom stereocenters. The number of rotatable bonds is 8. The van der Waals surface area contributed by atoms with Crippen LogP contribution in [0.5, 0.6) is 0 Å². The highest BCUT2D eigenvalue weighted by atomic mass is 19.1. The Balaban J connectivity index is 1.98. The normalized spacial score (nSPS) is 16.5. The molecule has 1 fully saturated rings. The van der Waals surface area contributed by atoms with Crippen molar-refractivity contribution in [2.75, 3.05) is 37.6 Å². The van der Waals surface area contributed by atoms with Gasteiger partial charge in [-0.1, -0.05) is 6.07 Å². The van der Waals surface area contributed by atoms with Gasteiger partial charge in [0.15, 0.2) is 5.96 Å². The fourth-order valence-electron chi connectivity index (χ4n) is 3.71. The quantitative estimate of drug-likeness (QED) is 0.525. The fraction of sp³-hybridized carbons (Fsp3) is 0.682. The van der Waals surface area contributed by atoms with Crippen molar-refractivity contribution in [2.24, 2.45) is 4.99 Å². The zero-order chi connectivity index (χ0) is 20.5. The van der Waals surface area contributed by atoms with Crippen LogP contribution >= 0.6 is 0 Å². The van der Waals surface area contributed by atoms with Gasteiger partial charge in [-0.3, -0.25) is 0 Å². The smallest absolute Gasteiger partial charge is 0.191 e. The number of aliphatic imine (C=N–C) groups is 1. The number of piperidine rings is 1. The van der Waals surface area contributed by atoms with Crippen LogP contribution in [-0.4, -0.2) is 55.7 Å². The van der Waals surface area contributed by atoms with Crippen LogP contribution in [0.25, 0.3) is 0 Å². The monoisotopic (exact) mass is 391 g/mol. The molecule has 1 aliphatic rings. The number of anilines is 1. The zero-order valence-corrected chi connectivity index (χ0v) is 18.3. The van der Waals surface area contributed by atoms with Crippen molar-refractivity contribution >= 4 is 11.6 Å². The molecule has 0 radical (unpaired) electrons. The van der Waals surface area contributed by atoms with Gasteiger partial charge in [0.1, 0.15) is 5.82 Å². The molecular formula is C22H38FN5. The summed E-state index contributed by atoms with van der Waals surface area (Å²) < 4.78 is 14.5. The van der Waals surface area contributed by atoms with Gasteiger partial charge in [0.2, 0.25) is 0 Å². The first-order valence-corrected chi connectivity index (χ1v) is 10.8. The van der Waals surface area contributed by atoms with Crippen LogP contribution in [0.3, 0.4) is 0 Å². The van der Waals surface area contributed by atoms with Gasteiger partial charge < -0.3 is 20.4 Å². The summed E-state index contributed by atoms with van der Waals surface area (Å²) in [5.74, 6) is 0.647. The van der Waals surface area contributed by atoms with E-state index < -0.39 is 0 Å². The molecular weight excluding hydrogens is 353 g/mol. The molecule has 1 saturated heterocycles. The van der Waals surface area contributed by atoms with Gasteiger partial charge in [-0.05, 0) is 65.2 Å². The fourth-order valence-corrected chi connectivity index (χ4v) is 3.71. The zero-order valence-electron chi connectivity index (χ0n) is 18.3. The summed E-state index contributed by atoms with van der Waals surface area (Å²) in [5, 5.41) is 6.88. The molecule has 0 amide bonds. The summed E-state index contributed by atoms with van der Waals surface area (Å²) in [5.41, 5.74) is 1.56. The van der Waals surface area contributed by atoms with E-state index in [1.54, 1.807) is 6.07 Å². The molecule has 28 heavy (non-hydrogen) atoms. The van der Waals surface area contributed by atoms with Gasteiger partial charge in [-0.2, -0.15) is 0 Å². The second-order valence-electron chi connectivity index (χ2n) is 7.70. The third kappa shape index (κ3) is 6.36. The van der Waals surface area contributed by atoms with Crippen LogP contribution in [0, 0.1) is 5.82 Å². The third-order valence-corrected chi connectivity index (χ3v) is 5.48. The molecule has 1 aromatic carbocycles. The number of benzene rings is 1. The third-order valence-electron chi connectivity index (χ3n) is 5.48. The van der Waals surface area contributed by atoms with Crippen molar-refractivity contribution in [3.8, 4) is 0 Å². The number of nitrogens with zero attached hydrogens (tertiary/aromatic N) is 3. The minimum atomic E-state index is -0.171. The molecule has 1 heterocycles. The van der Waals surface area contributed by atoms with Gasteiger partial charge in [-0.25, -0.2) is 9.38 Å². The molecule has 1 aliphatic heterocycles. The summed E-state index contributed by atoms with van der Waals surface area (Å²) in [4.78, 5) is 9.23. The standard InChI is InChI=1S/C22H38FN5/c1-6-24-22(26-19-11-13-28(14-12-19)17(4)5)25-16-18-9-10-21(20(23)15-18)27(7-2)8-3/h9-10,15,17,19H,6-8,11-14,16H2,1-5H3,(H2,24,25,26). The first-order chi connectivity index (χ1) is 13.5. The van der Waals surface area contributed by atoms with Gasteiger partial charge >= 0.3 is 0 Å². The Hall–Kier alpha value is -1.82. The van der Waals surface area contributed by atoms with Crippen molar-refractivity contribution in [2.45, 2.75) is 66.1 Å². The lowest BCUT2D eigenvalue weighted by Gasteiger charge is -2.35. The van der Waals surface area contributed by atoms with Crippen LogP contribution in [0.15, 0.2) is 23.2 Å². The van der Waals surface area contributed by atoms with Gasteiger partial charge in [0, 0.05) is 44.8 Å². The number of nitrogens with one attached hydrogen (secondary N) is 2. The summed E-state index contributed by atoms with van der Waals surface area (Å²) in [6.07, 6.45) is 2.24. The number of likely N-dealkylation sites (tertiary alicyclic amines) is 1. The lowest BCUT2D eigenvalue weighted by molar-refractivity contribution is 0.167. The molecule has 158 valence electrons. The summed E-state index contributed by atoms with van der Waals surface area (Å²) in [7, 11) is 0. The predicted octanol–water partition coefficient (Wildman–Crippen LogP) is 3.60. The highest BCUT2D eigenvalue weighted by Crippen LogP contribution is 2.21. The van der Waals surface area contributed by atoms with Crippen molar-refractivity contribution in [1.29, 1.82) is 0 Å². The maximum absolute atomic E-state index is 14.5. The number of hydrogen-bond donors (Lipinski definition) is 2. The minimum absolute atomic E-state index is 0.171. The largest absolute Gasteiger partial charge is 0.370 e. The first kappa shape index (κ1) is 22.5. The molecule has 2 N–H and O–H groups in total. The van der Waals surface area contributed by atoms with Crippen LogP contribution < -0.4 is 15.5 Å². The summed E-state index contributed by atoms with van der Waals surface area (Å²) >= 11 is 0. The van der Waals surface area contributed by atoms with E-state index in [0.29, 0.717) is 24.3 Å². The Kier molecular flexibility index (Phi) is 9.03. The van der Waals surface area contributed by atoms with E-state index in [1.165, 1.54) is 0 Å². The Morgan fingerprint density at radius 1 is 1.21 bits per heavy atom. The van der Waals surface area contributed by atoms with E-state index in [9.17, 15) is 4.39 Å². The highest BCUT2D eigenvalue weighted by molar-refractivity contribution is 5.80. The van der Waals surface area contributed by atoms with Gasteiger partial charge in [0.25, 0.3) is 0 Å². The summed E-state index contributed by atoms with van der Waals surface area (Å²) in [6, 6.07) is 6.51. The van der Waals surface area contributed by atoms with E-state index in [2.05, 4.69) is 41.3 Å². The number of guanidine groups is 1. The van der Waals surface area contributed by atoms with Crippen molar-refractivity contribution in [3.63, 3.8) is 0 Å². The molecule has 0 saturated carbocycles. The van der Waals surface area contributed by atoms with Crippen molar-refractivity contribution < 1.29 is 4.39 Å². The van der Waals surface area contributed by atoms with Crippen molar-refractivity contribution in [1.82, 2.24) is 15.5 Å². The molecule has 0 bridgehead atoms. The molecule has 0 aromatic heterocycles. The van der Waals surface area contributed by atoms with E-state index in [4.69, 9.17) is 0 Å². The number of hydrogen-bond acceptors (Lipinski definition) is 3. The maximum atomic E-state index is 14.5. The van der Waals surface area contributed by atoms with E-state index >= 15 is 0 Å². The highest BCUT2D eigenvalue weighted by Gasteiger charge is 2.21. The molecule has 6 heteroatoms. The van der Waals surface area contributed by atoms with Crippen LogP contribution in [0.2, 0.25) is 0 Å². The Labute approximate surface area is 170 Å². The molecule has 0 atom stereocenters. The number of halogens is 1. The first-order valence-electron chi connectivity index (χ1n) is 10.8. The van der Waals surface area contributed by atoms with Crippen molar-refractivity contribution in [3.05, 3.63) is 29.6 Å². The molecule has 0 spiro atoms. The maximum Gasteiger partial charge on any atom is 0.191 e. The van der Waals surface area contributed by atoms with E-state index in [1.807, 2.05) is 30.9 Å². The van der Waals surface area contributed by atoms with Crippen LogP contribution in [-0.2, 0) is 6.54 Å². The predicted molar refractivity (Wildman–Crippen MR) is 118 cm³/mol. The lowest BCUT2D eigenvalue weighted by atomic mass is 10.0. The van der Waals surface area contributed by atoms with Crippen LogP contribution in [0.4, 0.5) is 10.1 Å². The Morgan fingerprint density at radius 3 is 2.43 bits per heavy atom. The average Bonchev–Trinajstić information content (AvgIpc) is 2.69. The SMILES string of the molecule is CCNC(=NCc1ccc(N(CC)CC)c(F)c1)NC1CCN(C(C)C)CC1. The van der Waals surface area contributed by atoms with Gasteiger partial charge in [0.05, 0.1) is 12.2 Å². The molecule has 2 rings (SSSR count). The second-order valence-corrected chi connectivity index (χ2v) is 7.70. The average molecular weight is 392 g/mol. The van der Waals surface area contributed by atoms with Crippen LogP contribution in [0.1, 0.15) is 53.0 Å². The Morgan fingerprint density at radius 2 is 1.89 bits per heavy atom. The molecule has 5 nitrogen and oxygen atoms in total. The minimum Gasteiger partial charge on any atom is -0.370 e. The topological polar surface area (TPSA) is 42.9 Å². The van der Waals surface area contributed by atoms with Gasteiger partial charge in [-0.15, -0.1) is 0 Å². The lowest BCUT2D eigenvalue weighted by Crippen LogP contribution is -2.49. The van der Waals surface area contributed by atoms with E-state index in [-0.39, 0.29) is 5.82 Å². The second kappa shape index (κ2) is 11.2. The molecule has 0 aliphatic carbocycles. The Bertz CT molecular complexity index is 619. The summed E-state index contributed by atoms with van der Waals surface area (Å²) in [6.45, 7) is 15.8. The van der Waals surface area contributed by atoms with E-state index in [0.717, 1.165) is 57.1 Å². The molecule has 1 aromatic rings.